The Balaban J connectivity index is 2.20. The highest BCUT2D eigenvalue weighted by Crippen LogP contribution is 2.11. The van der Waals surface area contributed by atoms with Crippen LogP contribution in [0, 0.1) is 0 Å². The van der Waals surface area contributed by atoms with Crippen LogP contribution in [0.5, 0.6) is 0 Å². The molecule has 1 amide bonds. The highest BCUT2D eigenvalue weighted by molar-refractivity contribution is 7.99. The van der Waals surface area contributed by atoms with Crippen LogP contribution >= 0.6 is 23.5 Å². The second kappa shape index (κ2) is 7.41. The van der Waals surface area contributed by atoms with Gasteiger partial charge in [0.1, 0.15) is 0 Å². The molecule has 1 N–H and O–H groups in total. The summed E-state index contributed by atoms with van der Waals surface area (Å²) < 4.78 is 0. The van der Waals surface area contributed by atoms with E-state index in [-0.39, 0.29) is 5.91 Å². The maximum absolute atomic E-state index is 11.8. The normalized spacial score (nSPS) is 21.3. The van der Waals surface area contributed by atoms with Gasteiger partial charge in [-0.15, -0.1) is 0 Å². The summed E-state index contributed by atoms with van der Waals surface area (Å²) in [4.78, 5) is 13.6. The lowest BCUT2D eigenvalue weighted by Crippen LogP contribution is -2.42. The minimum absolute atomic E-state index is 0.268. The number of carbonyl (C=O) groups is 1. The van der Waals surface area contributed by atoms with Crippen LogP contribution in [-0.2, 0) is 4.79 Å². The number of carbonyl (C=O) groups excluding carboxylic acids is 1. The third-order valence-electron chi connectivity index (χ3n) is 2.48. The molecule has 1 fully saturated rings. The Bertz CT molecular complexity index is 196. The first-order chi connectivity index (χ1) is 7.24. The fraction of sp³-hybridized carbons (Fsp3) is 0.900. The van der Waals surface area contributed by atoms with Crippen molar-refractivity contribution in [3.05, 3.63) is 0 Å². The number of rotatable bonds is 5. The van der Waals surface area contributed by atoms with Crippen LogP contribution in [0.1, 0.15) is 6.42 Å². The minimum atomic E-state index is 0.268. The lowest BCUT2D eigenvalue weighted by atomic mass is 10.2. The van der Waals surface area contributed by atoms with Crippen molar-refractivity contribution in [2.75, 3.05) is 43.7 Å². The van der Waals surface area contributed by atoms with Gasteiger partial charge in [0.05, 0.1) is 0 Å². The molecule has 1 aliphatic heterocycles. The Morgan fingerprint density at radius 3 is 3.07 bits per heavy atom. The Labute approximate surface area is 101 Å². The van der Waals surface area contributed by atoms with Crippen LogP contribution < -0.4 is 5.32 Å². The molecule has 0 aliphatic carbocycles. The van der Waals surface area contributed by atoms with E-state index in [9.17, 15) is 4.79 Å². The van der Waals surface area contributed by atoms with Crippen LogP contribution in [0.3, 0.4) is 0 Å². The molecule has 15 heavy (non-hydrogen) atoms. The van der Waals surface area contributed by atoms with E-state index in [1.165, 1.54) is 5.75 Å². The average Bonchev–Trinajstić information content (AvgIpc) is 2.27. The molecule has 0 bridgehead atoms. The molecule has 0 aromatic rings. The Kier molecular flexibility index (Phi) is 6.52. The minimum Gasteiger partial charge on any atom is -0.345 e. The zero-order chi connectivity index (χ0) is 11.1. The fourth-order valence-electron chi connectivity index (χ4n) is 1.47. The smallest absolute Gasteiger partial charge is 0.223 e. The van der Waals surface area contributed by atoms with Crippen molar-refractivity contribution in [2.45, 2.75) is 12.5 Å². The van der Waals surface area contributed by atoms with Crippen molar-refractivity contribution in [3.63, 3.8) is 0 Å². The maximum atomic E-state index is 11.8. The fourth-order valence-corrected chi connectivity index (χ4v) is 2.88. The zero-order valence-corrected chi connectivity index (χ0v) is 11.1. The predicted octanol–water partition coefficient (Wildman–Crippen LogP) is 0.903. The summed E-state index contributed by atoms with van der Waals surface area (Å²) in [6.07, 6.45) is 2.72. The number of thioether (sulfide) groups is 2. The van der Waals surface area contributed by atoms with Gasteiger partial charge in [-0.05, 0) is 6.26 Å². The van der Waals surface area contributed by atoms with Gasteiger partial charge < -0.3 is 10.2 Å². The lowest BCUT2D eigenvalue weighted by molar-refractivity contribution is -0.130. The first-order valence-corrected chi connectivity index (χ1v) is 7.83. The molecule has 1 unspecified atom stereocenters. The monoisotopic (exact) mass is 248 g/mol. The summed E-state index contributed by atoms with van der Waals surface area (Å²) in [7, 11) is 1.90. The molecule has 3 nitrogen and oxygen atoms in total. The standard InChI is InChI=1S/C10H20N2OS2/c1-12(4-6-14-2)10(13)7-9-8-15-5-3-11-9/h9,11H,3-8H2,1-2H3. The van der Waals surface area contributed by atoms with E-state index < -0.39 is 0 Å². The predicted molar refractivity (Wildman–Crippen MR) is 69.8 cm³/mol. The van der Waals surface area contributed by atoms with E-state index in [0.29, 0.717) is 12.5 Å². The molecule has 0 radical (unpaired) electrons. The number of hydrogen-bond donors (Lipinski definition) is 1. The third-order valence-corrected chi connectivity index (χ3v) is 4.20. The highest BCUT2D eigenvalue weighted by Gasteiger charge is 2.18. The number of nitrogens with zero attached hydrogens (tertiary/aromatic N) is 1. The van der Waals surface area contributed by atoms with Crippen LogP contribution in [0.2, 0.25) is 0 Å². The van der Waals surface area contributed by atoms with Crippen molar-refractivity contribution in [2.24, 2.45) is 0 Å². The van der Waals surface area contributed by atoms with Gasteiger partial charge in [0, 0.05) is 49.9 Å². The van der Waals surface area contributed by atoms with E-state index in [4.69, 9.17) is 0 Å². The largest absolute Gasteiger partial charge is 0.345 e. The number of hydrogen-bond acceptors (Lipinski definition) is 4. The first-order valence-electron chi connectivity index (χ1n) is 5.28. The summed E-state index contributed by atoms with van der Waals surface area (Å²) in [6, 6.07) is 0.382. The summed E-state index contributed by atoms with van der Waals surface area (Å²) in [5, 5.41) is 3.39. The van der Waals surface area contributed by atoms with E-state index in [1.54, 1.807) is 11.8 Å². The molecule has 0 aromatic carbocycles. The molecule has 1 saturated heterocycles. The summed E-state index contributed by atoms with van der Waals surface area (Å²) in [5.41, 5.74) is 0. The molecular formula is C10H20N2OS2. The van der Waals surface area contributed by atoms with Crippen molar-refractivity contribution in [3.8, 4) is 0 Å². The number of nitrogens with one attached hydrogen (secondary N) is 1. The topological polar surface area (TPSA) is 32.3 Å². The van der Waals surface area contributed by atoms with Gasteiger partial charge in [-0.1, -0.05) is 0 Å². The van der Waals surface area contributed by atoms with Gasteiger partial charge in [0.2, 0.25) is 5.91 Å². The van der Waals surface area contributed by atoms with Crippen LogP contribution in [0.15, 0.2) is 0 Å². The van der Waals surface area contributed by atoms with Gasteiger partial charge in [-0.25, -0.2) is 0 Å². The molecule has 1 heterocycles. The Morgan fingerprint density at radius 2 is 2.47 bits per heavy atom. The average molecular weight is 248 g/mol. The zero-order valence-electron chi connectivity index (χ0n) is 9.49. The van der Waals surface area contributed by atoms with Crippen LogP contribution in [0.4, 0.5) is 0 Å². The van der Waals surface area contributed by atoms with Gasteiger partial charge in [-0.2, -0.15) is 23.5 Å². The van der Waals surface area contributed by atoms with Gasteiger partial charge in [0.25, 0.3) is 0 Å². The second-order valence-corrected chi connectivity index (χ2v) is 5.87. The van der Waals surface area contributed by atoms with Gasteiger partial charge in [-0.3, -0.25) is 4.79 Å². The van der Waals surface area contributed by atoms with Crippen molar-refractivity contribution >= 4 is 29.4 Å². The summed E-state index contributed by atoms with van der Waals surface area (Å²) >= 11 is 3.72. The molecule has 0 aromatic heterocycles. The molecule has 0 saturated carbocycles. The quantitative estimate of drug-likeness (QED) is 0.784. The molecule has 0 spiro atoms. The lowest BCUT2D eigenvalue weighted by Gasteiger charge is -2.25. The van der Waals surface area contributed by atoms with Crippen LogP contribution in [0.25, 0.3) is 0 Å². The summed E-state index contributed by atoms with van der Waals surface area (Å²) in [6.45, 7) is 1.90. The van der Waals surface area contributed by atoms with Crippen molar-refractivity contribution < 1.29 is 4.79 Å². The van der Waals surface area contributed by atoms with E-state index >= 15 is 0 Å². The number of amides is 1. The summed E-state index contributed by atoms with van der Waals surface area (Å²) in [5.74, 6) is 3.54. The van der Waals surface area contributed by atoms with E-state index in [1.807, 2.05) is 23.7 Å². The molecule has 1 aliphatic rings. The molecule has 88 valence electrons. The van der Waals surface area contributed by atoms with Crippen LogP contribution in [-0.4, -0.2) is 60.5 Å². The van der Waals surface area contributed by atoms with Crippen molar-refractivity contribution in [1.29, 1.82) is 0 Å². The highest BCUT2D eigenvalue weighted by atomic mass is 32.2. The molecule has 5 heteroatoms. The molecule has 1 rings (SSSR count). The third kappa shape index (κ3) is 5.13. The first kappa shape index (κ1) is 13.2. The van der Waals surface area contributed by atoms with Gasteiger partial charge in [0.15, 0.2) is 0 Å². The van der Waals surface area contributed by atoms with E-state index in [0.717, 1.165) is 24.6 Å². The van der Waals surface area contributed by atoms with E-state index in [2.05, 4.69) is 11.6 Å². The Hall–Kier alpha value is 0.130. The second-order valence-electron chi connectivity index (χ2n) is 3.74. The Morgan fingerprint density at radius 1 is 1.67 bits per heavy atom. The molecule has 1 atom stereocenters. The van der Waals surface area contributed by atoms with Gasteiger partial charge >= 0.3 is 0 Å². The van der Waals surface area contributed by atoms with Crippen molar-refractivity contribution in [1.82, 2.24) is 10.2 Å². The SMILES string of the molecule is CSCCN(C)C(=O)CC1CSCCN1. The molecular weight excluding hydrogens is 228 g/mol. The maximum Gasteiger partial charge on any atom is 0.223 e.